The van der Waals surface area contributed by atoms with Crippen molar-refractivity contribution in [3.05, 3.63) is 41.7 Å². The smallest absolute Gasteiger partial charge is 0.256 e. The maximum absolute atomic E-state index is 12.3. The fourth-order valence-corrected chi connectivity index (χ4v) is 3.30. The molecule has 0 spiro atoms. The van der Waals surface area contributed by atoms with Crippen LogP contribution in [0, 0.1) is 6.92 Å². The van der Waals surface area contributed by atoms with Crippen molar-refractivity contribution in [1.29, 1.82) is 0 Å². The summed E-state index contributed by atoms with van der Waals surface area (Å²) in [5, 5.41) is 3.24. The second-order valence-corrected chi connectivity index (χ2v) is 6.59. The first-order valence-corrected chi connectivity index (χ1v) is 9.36. The summed E-state index contributed by atoms with van der Waals surface area (Å²) < 4.78 is 0. The van der Waals surface area contributed by atoms with E-state index < -0.39 is 0 Å². The largest absolute Gasteiger partial charge is 0.372 e. The van der Waals surface area contributed by atoms with Crippen molar-refractivity contribution in [3.8, 4) is 0 Å². The zero-order valence-electron chi connectivity index (χ0n) is 15.8. The highest BCUT2D eigenvalue weighted by atomic mass is 16.2. The second-order valence-electron chi connectivity index (χ2n) is 6.59. The van der Waals surface area contributed by atoms with E-state index in [9.17, 15) is 4.79 Å². The van der Waals surface area contributed by atoms with Crippen molar-refractivity contribution in [2.24, 2.45) is 0 Å². The molecule has 138 valence electrons. The molecule has 0 radical (unpaired) electrons. The summed E-state index contributed by atoms with van der Waals surface area (Å²) in [6, 6.07) is 6.32. The molecule has 0 unspecified atom stereocenters. The van der Waals surface area contributed by atoms with Crippen LogP contribution in [0.5, 0.6) is 0 Å². The van der Waals surface area contributed by atoms with E-state index in [0.29, 0.717) is 11.5 Å². The maximum Gasteiger partial charge on any atom is 0.256 e. The summed E-state index contributed by atoms with van der Waals surface area (Å²) in [5.74, 6) is 0.524. The highest BCUT2D eigenvalue weighted by Gasteiger charge is 2.20. The molecule has 0 saturated carbocycles. The predicted octanol–water partition coefficient (Wildman–Crippen LogP) is 3.61. The van der Waals surface area contributed by atoms with Gasteiger partial charge in [0.05, 0.1) is 5.56 Å². The number of likely N-dealkylation sites (tertiary alicyclic amines) is 1. The predicted molar refractivity (Wildman–Crippen MR) is 105 cm³/mol. The topological polar surface area (TPSA) is 61.4 Å². The number of carbonyl (C=O) groups is 1. The van der Waals surface area contributed by atoms with Crippen molar-refractivity contribution in [2.75, 3.05) is 36.4 Å². The summed E-state index contributed by atoms with van der Waals surface area (Å²) in [4.78, 5) is 25.2. The fourth-order valence-electron chi connectivity index (χ4n) is 3.30. The van der Waals surface area contributed by atoms with Gasteiger partial charge in [0.2, 0.25) is 5.95 Å². The SMILES string of the molecule is CCN(CC)c1ccc(Nc2ncc(C(=O)N3CCCC3)cn2)c(C)c1. The molecular formula is C20H27N5O. The maximum atomic E-state index is 12.3. The number of anilines is 3. The molecule has 2 aromatic rings. The molecule has 6 heteroatoms. The highest BCUT2D eigenvalue weighted by Crippen LogP contribution is 2.24. The van der Waals surface area contributed by atoms with E-state index in [1.807, 2.05) is 4.90 Å². The monoisotopic (exact) mass is 353 g/mol. The molecule has 1 N–H and O–H groups in total. The lowest BCUT2D eigenvalue weighted by Gasteiger charge is -2.22. The summed E-state index contributed by atoms with van der Waals surface area (Å²) in [6.45, 7) is 10.0. The summed E-state index contributed by atoms with van der Waals surface area (Å²) >= 11 is 0. The number of aryl methyl sites for hydroxylation is 1. The van der Waals surface area contributed by atoms with E-state index >= 15 is 0 Å². The van der Waals surface area contributed by atoms with E-state index in [2.05, 4.69) is 59.2 Å². The third-order valence-electron chi connectivity index (χ3n) is 4.88. The van der Waals surface area contributed by atoms with E-state index in [1.165, 1.54) is 5.69 Å². The summed E-state index contributed by atoms with van der Waals surface area (Å²) in [5.41, 5.74) is 3.87. The van der Waals surface area contributed by atoms with Gasteiger partial charge in [-0.2, -0.15) is 0 Å². The number of rotatable bonds is 6. The lowest BCUT2D eigenvalue weighted by atomic mass is 10.1. The first kappa shape index (κ1) is 18.2. The lowest BCUT2D eigenvalue weighted by molar-refractivity contribution is 0.0792. The number of hydrogen-bond donors (Lipinski definition) is 1. The van der Waals surface area contributed by atoms with Gasteiger partial charge in [0.1, 0.15) is 0 Å². The Labute approximate surface area is 155 Å². The van der Waals surface area contributed by atoms with Gasteiger partial charge >= 0.3 is 0 Å². The average molecular weight is 353 g/mol. The Kier molecular flexibility index (Phi) is 5.71. The third-order valence-corrected chi connectivity index (χ3v) is 4.88. The second kappa shape index (κ2) is 8.17. The third kappa shape index (κ3) is 3.95. The molecule has 1 fully saturated rings. The van der Waals surface area contributed by atoms with Gasteiger partial charge in [-0.25, -0.2) is 9.97 Å². The molecule has 1 aromatic heterocycles. The highest BCUT2D eigenvalue weighted by molar-refractivity contribution is 5.93. The Hall–Kier alpha value is -2.63. The summed E-state index contributed by atoms with van der Waals surface area (Å²) in [7, 11) is 0. The molecule has 1 aromatic carbocycles. The Morgan fingerprint density at radius 3 is 2.38 bits per heavy atom. The Bertz CT molecular complexity index is 749. The molecule has 0 atom stereocenters. The van der Waals surface area contributed by atoms with Crippen molar-refractivity contribution in [1.82, 2.24) is 14.9 Å². The molecule has 1 aliphatic rings. The van der Waals surface area contributed by atoms with Crippen molar-refractivity contribution >= 4 is 23.2 Å². The molecule has 0 bridgehead atoms. The van der Waals surface area contributed by atoms with Crippen molar-refractivity contribution in [3.63, 3.8) is 0 Å². The van der Waals surface area contributed by atoms with Crippen LogP contribution in [0.4, 0.5) is 17.3 Å². The number of aromatic nitrogens is 2. The number of carbonyl (C=O) groups excluding carboxylic acids is 1. The van der Waals surface area contributed by atoms with Gasteiger partial charge in [0.25, 0.3) is 5.91 Å². The van der Waals surface area contributed by atoms with E-state index in [4.69, 9.17) is 0 Å². The van der Waals surface area contributed by atoms with E-state index in [-0.39, 0.29) is 5.91 Å². The van der Waals surface area contributed by atoms with Crippen LogP contribution in [0.1, 0.15) is 42.6 Å². The number of amides is 1. The number of nitrogens with one attached hydrogen (secondary N) is 1. The number of hydrogen-bond acceptors (Lipinski definition) is 5. The molecule has 1 saturated heterocycles. The average Bonchev–Trinajstić information content (AvgIpc) is 3.19. The van der Waals surface area contributed by atoms with Gasteiger partial charge in [-0.1, -0.05) is 0 Å². The van der Waals surface area contributed by atoms with Gasteiger partial charge in [0, 0.05) is 49.9 Å². The first-order valence-electron chi connectivity index (χ1n) is 9.36. The van der Waals surface area contributed by atoms with Crippen LogP contribution in [0.15, 0.2) is 30.6 Å². The van der Waals surface area contributed by atoms with Crippen LogP contribution in [0.2, 0.25) is 0 Å². The minimum Gasteiger partial charge on any atom is -0.372 e. The Morgan fingerprint density at radius 1 is 1.15 bits per heavy atom. The zero-order valence-corrected chi connectivity index (χ0v) is 15.8. The van der Waals surface area contributed by atoms with Crippen LogP contribution in [-0.4, -0.2) is 47.0 Å². The minimum atomic E-state index is 0.0220. The van der Waals surface area contributed by atoms with Gasteiger partial charge in [-0.15, -0.1) is 0 Å². The molecule has 1 amide bonds. The number of nitrogens with zero attached hydrogens (tertiary/aromatic N) is 4. The van der Waals surface area contributed by atoms with Crippen LogP contribution in [0.3, 0.4) is 0 Å². The molecule has 3 rings (SSSR count). The molecule has 6 nitrogen and oxygen atoms in total. The lowest BCUT2D eigenvalue weighted by Crippen LogP contribution is -2.27. The molecule has 26 heavy (non-hydrogen) atoms. The van der Waals surface area contributed by atoms with Crippen LogP contribution < -0.4 is 10.2 Å². The zero-order chi connectivity index (χ0) is 18.5. The summed E-state index contributed by atoms with van der Waals surface area (Å²) in [6.07, 6.45) is 5.37. The van der Waals surface area contributed by atoms with Crippen LogP contribution >= 0.6 is 0 Å². The molecular weight excluding hydrogens is 326 g/mol. The number of benzene rings is 1. The Balaban J connectivity index is 1.70. The quantitative estimate of drug-likeness (QED) is 0.859. The van der Waals surface area contributed by atoms with Crippen LogP contribution in [0.25, 0.3) is 0 Å². The van der Waals surface area contributed by atoms with E-state index in [1.54, 1.807) is 12.4 Å². The van der Waals surface area contributed by atoms with Crippen molar-refractivity contribution < 1.29 is 4.79 Å². The van der Waals surface area contributed by atoms with Gasteiger partial charge in [0.15, 0.2) is 0 Å². The normalized spacial score (nSPS) is 13.7. The molecule has 0 aliphatic carbocycles. The molecule has 1 aliphatic heterocycles. The van der Waals surface area contributed by atoms with Gasteiger partial charge in [-0.05, 0) is 57.4 Å². The van der Waals surface area contributed by atoms with E-state index in [0.717, 1.165) is 50.3 Å². The first-order chi connectivity index (χ1) is 12.6. The van der Waals surface area contributed by atoms with Gasteiger partial charge in [-0.3, -0.25) is 4.79 Å². The minimum absolute atomic E-state index is 0.0220. The fraction of sp³-hybridized carbons (Fsp3) is 0.450. The molecule has 2 heterocycles. The van der Waals surface area contributed by atoms with Crippen molar-refractivity contribution in [2.45, 2.75) is 33.6 Å². The van der Waals surface area contributed by atoms with Gasteiger partial charge < -0.3 is 15.1 Å². The standard InChI is InChI=1S/C20H27N5O/c1-4-24(5-2)17-8-9-18(15(3)12-17)23-20-21-13-16(14-22-20)19(26)25-10-6-7-11-25/h8-9,12-14H,4-7,10-11H2,1-3H3,(H,21,22,23). The van der Waals surface area contributed by atoms with Crippen LogP contribution in [-0.2, 0) is 0 Å². The Morgan fingerprint density at radius 2 is 1.81 bits per heavy atom.